The Balaban J connectivity index is 1.87. The highest BCUT2D eigenvalue weighted by molar-refractivity contribution is 6.12. The molecule has 3 aromatic rings. The number of aromatic nitrogens is 3. The second-order valence-corrected chi connectivity index (χ2v) is 7.23. The molecule has 0 radical (unpaired) electrons. The maximum Gasteiger partial charge on any atom is 0.241 e. The Kier molecular flexibility index (Phi) is 4.00. The number of rotatable bonds is 3. The number of fused-ring (bicyclic) bond motifs is 1. The number of nitrogens with zero attached hydrogens (tertiary/aromatic N) is 4. The van der Waals surface area contributed by atoms with E-state index in [0.29, 0.717) is 17.1 Å². The molecule has 1 N–H and O–H groups in total. The lowest BCUT2D eigenvalue weighted by molar-refractivity contribution is -0.121. The Bertz CT molecular complexity index is 1030. The van der Waals surface area contributed by atoms with Gasteiger partial charge in [-0.2, -0.15) is 0 Å². The molecule has 1 aliphatic heterocycles. The van der Waals surface area contributed by atoms with Crippen LogP contribution in [0.2, 0.25) is 0 Å². The van der Waals surface area contributed by atoms with Crippen molar-refractivity contribution >= 4 is 17.3 Å². The van der Waals surface area contributed by atoms with Gasteiger partial charge in [0.2, 0.25) is 5.91 Å². The molecule has 1 aromatic carbocycles. The second-order valence-electron chi connectivity index (χ2n) is 7.23. The van der Waals surface area contributed by atoms with Crippen molar-refractivity contribution < 1.29 is 9.90 Å². The molecule has 6 heteroatoms. The van der Waals surface area contributed by atoms with E-state index in [9.17, 15) is 9.90 Å². The topological polar surface area (TPSA) is 79.2 Å². The summed E-state index contributed by atoms with van der Waals surface area (Å²) in [7, 11) is 0. The van der Waals surface area contributed by atoms with Crippen molar-refractivity contribution in [2.45, 2.75) is 32.8 Å². The number of hydrogen-bond acceptors (Lipinski definition) is 5. The first-order valence-electron chi connectivity index (χ1n) is 8.74. The molecule has 0 saturated carbocycles. The van der Waals surface area contributed by atoms with Gasteiger partial charge in [0.1, 0.15) is 5.82 Å². The summed E-state index contributed by atoms with van der Waals surface area (Å²) in [4.78, 5) is 27.6. The number of aryl methyl sites for hydroxylation is 1. The average Bonchev–Trinajstić information content (AvgIpc) is 2.88. The summed E-state index contributed by atoms with van der Waals surface area (Å²) in [5, 5.41) is 9.43. The fourth-order valence-corrected chi connectivity index (χ4v) is 3.41. The molecule has 0 unspecified atom stereocenters. The minimum Gasteiger partial charge on any atom is -0.392 e. The van der Waals surface area contributed by atoms with Crippen LogP contribution < -0.4 is 4.90 Å². The number of anilines is 2. The predicted octanol–water partition coefficient (Wildman–Crippen LogP) is 3.30. The predicted molar refractivity (Wildman–Crippen MR) is 103 cm³/mol. The van der Waals surface area contributed by atoms with Gasteiger partial charge in [-0.25, -0.2) is 9.97 Å². The fourth-order valence-electron chi connectivity index (χ4n) is 3.41. The van der Waals surface area contributed by atoms with Crippen molar-refractivity contribution in [3.8, 4) is 11.1 Å². The minimum atomic E-state index is -0.646. The Morgan fingerprint density at radius 1 is 1.04 bits per heavy atom. The summed E-state index contributed by atoms with van der Waals surface area (Å²) < 4.78 is 0. The maximum atomic E-state index is 13.2. The zero-order valence-electron chi connectivity index (χ0n) is 15.5. The van der Waals surface area contributed by atoms with Crippen LogP contribution in [0.15, 0.2) is 49.1 Å². The maximum absolute atomic E-state index is 13.2. The van der Waals surface area contributed by atoms with Crippen molar-refractivity contribution in [3.05, 3.63) is 66.0 Å². The normalized spacial score (nSPS) is 15.1. The summed E-state index contributed by atoms with van der Waals surface area (Å²) in [6, 6.07) is 7.76. The molecule has 0 spiro atoms. The summed E-state index contributed by atoms with van der Waals surface area (Å²) in [6.07, 6.45) is 6.80. The zero-order valence-corrected chi connectivity index (χ0v) is 15.5. The molecular weight excluding hydrogens is 340 g/mol. The number of amides is 1. The number of benzene rings is 1. The van der Waals surface area contributed by atoms with Gasteiger partial charge in [-0.1, -0.05) is 12.1 Å². The van der Waals surface area contributed by atoms with E-state index in [1.54, 1.807) is 35.8 Å². The third-order valence-electron chi connectivity index (χ3n) is 4.99. The highest BCUT2D eigenvalue weighted by Crippen LogP contribution is 2.46. The zero-order chi connectivity index (χ0) is 19.2. The first-order chi connectivity index (χ1) is 12.9. The lowest BCUT2D eigenvalue weighted by Crippen LogP contribution is -2.33. The first kappa shape index (κ1) is 17.3. The molecule has 0 bridgehead atoms. The molecule has 3 heterocycles. The van der Waals surface area contributed by atoms with Crippen molar-refractivity contribution in [1.29, 1.82) is 0 Å². The van der Waals surface area contributed by atoms with Crippen LogP contribution in [0.1, 0.15) is 30.8 Å². The van der Waals surface area contributed by atoms with Crippen molar-refractivity contribution in [1.82, 2.24) is 15.0 Å². The second kappa shape index (κ2) is 6.25. The van der Waals surface area contributed by atoms with Gasteiger partial charge in [0.15, 0.2) is 0 Å². The van der Waals surface area contributed by atoms with E-state index < -0.39 is 5.41 Å². The summed E-state index contributed by atoms with van der Waals surface area (Å²) in [6.45, 7) is 5.56. The Morgan fingerprint density at radius 3 is 2.48 bits per heavy atom. The Hall–Kier alpha value is -3.12. The standard InChI is InChI=1S/C21H20N4O2/c1-13-23-9-16(10-24-13)15-4-5-18-19(7-15)25(20(27)21(18,2)3)17-6-14(12-26)8-22-11-17/h4-11,26H,12H2,1-3H3. The number of carbonyl (C=O) groups excluding carboxylic acids is 1. The van der Waals surface area contributed by atoms with Crippen molar-refractivity contribution in [2.75, 3.05) is 4.90 Å². The van der Waals surface area contributed by atoms with Crippen LogP contribution in [0.5, 0.6) is 0 Å². The summed E-state index contributed by atoms with van der Waals surface area (Å²) in [5.74, 6) is 0.691. The van der Waals surface area contributed by atoms with E-state index in [-0.39, 0.29) is 12.5 Å². The van der Waals surface area contributed by atoms with Crippen molar-refractivity contribution in [2.24, 2.45) is 0 Å². The van der Waals surface area contributed by atoms with E-state index in [1.807, 2.05) is 39.0 Å². The molecule has 0 saturated heterocycles. The molecule has 1 amide bonds. The average molecular weight is 360 g/mol. The van der Waals surface area contributed by atoms with Crippen molar-refractivity contribution in [3.63, 3.8) is 0 Å². The largest absolute Gasteiger partial charge is 0.392 e. The molecule has 1 aliphatic rings. The van der Waals surface area contributed by atoms with Gasteiger partial charge in [-0.15, -0.1) is 0 Å². The summed E-state index contributed by atoms with van der Waals surface area (Å²) in [5.41, 5.74) is 4.27. The third kappa shape index (κ3) is 2.78. The number of carbonyl (C=O) groups is 1. The van der Waals surface area contributed by atoms with Crippen LogP contribution in [-0.4, -0.2) is 26.0 Å². The van der Waals surface area contributed by atoms with E-state index in [1.165, 1.54) is 0 Å². The van der Waals surface area contributed by atoms with Gasteiger partial charge in [0.25, 0.3) is 0 Å². The highest BCUT2D eigenvalue weighted by atomic mass is 16.3. The summed E-state index contributed by atoms with van der Waals surface area (Å²) >= 11 is 0. The molecular formula is C21H20N4O2. The molecule has 136 valence electrons. The first-order valence-corrected chi connectivity index (χ1v) is 8.74. The fraction of sp³-hybridized carbons (Fsp3) is 0.238. The highest BCUT2D eigenvalue weighted by Gasteiger charge is 2.44. The number of pyridine rings is 1. The molecule has 0 aliphatic carbocycles. The Morgan fingerprint density at radius 2 is 1.78 bits per heavy atom. The van der Waals surface area contributed by atoms with Crippen LogP contribution in [0.25, 0.3) is 11.1 Å². The molecule has 2 aromatic heterocycles. The number of aliphatic hydroxyl groups is 1. The van der Waals surface area contributed by atoms with E-state index >= 15 is 0 Å². The number of hydrogen-bond donors (Lipinski definition) is 1. The Labute approximate surface area is 157 Å². The molecule has 27 heavy (non-hydrogen) atoms. The van der Waals surface area contributed by atoms with E-state index in [2.05, 4.69) is 15.0 Å². The van der Waals surface area contributed by atoms with Gasteiger partial charge >= 0.3 is 0 Å². The molecule has 0 fully saturated rings. The molecule has 0 atom stereocenters. The molecule has 6 nitrogen and oxygen atoms in total. The smallest absolute Gasteiger partial charge is 0.241 e. The van der Waals surface area contributed by atoms with Gasteiger partial charge in [-0.3, -0.25) is 14.7 Å². The van der Waals surface area contributed by atoms with E-state index in [0.717, 1.165) is 22.4 Å². The van der Waals surface area contributed by atoms with Gasteiger partial charge in [0.05, 0.1) is 29.6 Å². The SMILES string of the molecule is Cc1ncc(-c2ccc3c(c2)N(c2cncc(CO)c2)C(=O)C3(C)C)cn1. The van der Waals surface area contributed by atoms with Gasteiger partial charge in [0, 0.05) is 24.2 Å². The van der Waals surface area contributed by atoms with Crippen LogP contribution >= 0.6 is 0 Å². The minimum absolute atomic E-state index is 0.0216. The number of aliphatic hydroxyl groups excluding tert-OH is 1. The molecule has 4 rings (SSSR count). The van der Waals surface area contributed by atoms with Crippen LogP contribution in [0, 0.1) is 6.92 Å². The quantitative estimate of drug-likeness (QED) is 0.775. The van der Waals surface area contributed by atoms with Gasteiger partial charge < -0.3 is 5.11 Å². The van der Waals surface area contributed by atoms with Crippen LogP contribution in [0.4, 0.5) is 11.4 Å². The van der Waals surface area contributed by atoms with E-state index in [4.69, 9.17) is 0 Å². The van der Waals surface area contributed by atoms with Crippen LogP contribution in [0.3, 0.4) is 0 Å². The van der Waals surface area contributed by atoms with Crippen LogP contribution in [-0.2, 0) is 16.8 Å². The lowest BCUT2D eigenvalue weighted by Gasteiger charge is -2.20. The lowest BCUT2D eigenvalue weighted by atomic mass is 9.85. The monoisotopic (exact) mass is 360 g/mol. The van der Waals surface area contributed by atoms with Gasteiger partial charge in [-0.05, 0) is 49.6 Å². The third-order valence-corrected chi connectivity index (χ3v) is 4.99.